The predicted octanol–water partition coefficient (Wildman–Crippen LogP) is 1.60. The monoisotopic (exact) mass is 565 g/mol. The Morgan fingerprint density at radius 2 is 1.60 bits per heavy atom. The number of carbonyl (C=O) groups excluding carboxylic acids is 2. The van der Waals surface area contributed by atoms with Crippen molar-refractivity contribution in [2.75, 3.05) is 13.1 Å². The molecule has 4 rings (SSSR count). The molecule has 1 fully saturated rings. The van der Waals surface area contributed by atoms with Crippen LogP contribution in [0.2, 0.25) is 0 Å². The maximum Gasteiger partial charge on any atom is 0.331 e. The van der Waals surface area contributed by atoms with Crippen molar-refractivity contribution in [3.8, 4) is 0 Å². The Morgan fingerprint density at radius 1 is 0.950 bits per heavy atom. The smallest absolute Gasteiger partial charge is 0.331 e. The average molecular weight is 566 g/mol. The van der Waals surface area contributed by atoms with Crippen LogP contribution >= 0.6 is 0 Å². The Kier molecular flexibility index (Phi) is 8.80. The first-order valence-corrected chi connectivity index (χ1v) is 14.3. The van der Waals surface area contributed by atoms with Crippen LogP contribution < -0.4 is 15.8 Å². The van der Waals surface area contributed by atoms with Gasteiger partial charge >= 0.3 is 5.97 Å². The van der Waals surface area contributed by atoms with Crippen molar-refractivity contribution in [3.63, 3.8) is 0 Å². The fourth-order valence-electron chi connectivity index (χ4n) is 4.62. The molecule has 6 N–H and O–H groups in total. The molecule has 1 saturated heterocycles. The zero-order chi connectivity index (χ0) is 28.9. The lowest BCUT2D eigenvalue weighted by Gasteiger charge is -2.31. The molecule has 3 aromatic carbocycles. The number of carbonyl (C=O) groups is 3. The van der Waals surface area contributed by atoms with E-state index in [1.54, 1.807) is 59.5 Å². The van der Waals surface area contributed by atoms with Crippen molar-refractivity contribution in [3.05, 3.63) is 77.9 Å². The first-order chi connectivity index (χ1) is 19.0. The topological polar surface area (TPSA) is 183 Å². The van der Waals surface area contributed by atoms with Crippen LogP contribution in [-0.4, -0.2) is 67.2 Å². The Balaban J connectivity index is 1.56. The maximum atomic E-state index is 13.4. The Morgan fingerprint density at radius 3 is 2.23 bits per heavy atom. The lowest BCUT2D eigenvalue weighted by Crippen LogP contribution is -2.57. The van der Waals surface area contributed by atoms with Crippen molar-refractivity contribution in [2.24, 2.45) is 5.73 Å². The largest absolute Gasteiger partial charge is 0.480 e. The number of sulfonamides is 1. The zero-order valence-electron chi connectivity index (χ0n) is 21.7. The summed E-state index contributed by atoms with van der Waals surface area (Å²) in [5.41, 5.74) is 6.64. The summed E-state index contributed by atoms with van der Waals surface area (Å²) < 4.78 is 28.1. The highest BCUT2D eigenvalue weighted by molar-refractivity contribution is 7.89. The van der Waals surface area contributed by atoms with Gasteiger partial charge in [0.15, 0.2) is 6.04 Å². The van der Waals surface area contributed by atoms with Crippen LogP contribution in [0.5, 0.6) is 0 Å². The summed E-state index contributed by atoms with van der Waals surface area (Å²) in [5.74, 6) is -3.38. The Hall–Kier alpha value is -4.29. The molecule has 0 saturated carbocycles. The minimum atomic E-state index is -4.41. The van der Waals surface area contributed by atoms with E-state index in [0.29, 0.717) is 29.6 Å². The minimum Gasteiger partial charge on any atom is -0.480 e. The van der Waals surface area contributed by atoms with Gasteiger partial charge < -0.3 is 21.1 Å². The van der Waals surface area contributed by atoms with E-state index in [1.165, 1.54) is 12.1 Å². The van der Waals surface area contributed by atoms with Crippen molar-refractivity contribution in [2.45, 2.75) is 42.7 Å². The molecule has 1 aliphatic rings. The molecule has 1 aliphatic heterocycles. The van der Waals surface area contributed by atoms with Crippen molar-refractivity contribution in [1.29, 1.82) is 5.41 Å². The number of carboxylic acid groups (broad SMARTS) is 1. The molecule has 1 unspecified atom stereocenters. The third-order valence-electron chi connectivity index (χ3n) is 6.80. The number of benzene rings is 3. The summed E-state index contributed by atoms with van der Waals surface area (Å²) in [5, 5.41) is 21.2. The molecule has 12 heteroatoms. The highest BCUT2D eigenvalue weighted by Gasteiger charge is 2.35. The molecular weight excluding hydrogens is 534 g/mol. The van der Waals surface area contributed by atoms with E-state index in [1.807, 2.05) is 4.72 Å². The van der Waals surface area contributed by atoms with Crippen molar-refractivity contribution in [1.82, 2.24) is 14.9 Å². The van der Waals surface area contributed by atoms with Crippen LogP contribution in [0.4, 0.5) is 0 Å². The van der Waals surface area contributed by atoms with Crippen molar-refractivity contribution < 1.29 is 27.9 Å². The second kappa shape index (κ2) is 12.3. The molecule has 40 heavy (non-hydrogen) atoms. The quantitative estimate of drug-likeness (QED) is 0.140. The molecule has 0 spiro atoms. The van der Waals surface area contributed by atoms with E-state index in [-0.39, 0.29) is 23.1 Å². The number of likely N-dealkylation sites (tertiary alicyclic amines) is 1. The van der Waals surface area contributed by atoms with Crippen molar-refractivity contribution >= 4 is 44.4 Å². The van der Waals surface area contributed by atoms with Gasteiger partial charge in [0.2, 0.25) is 21.8 Å². The number of amidine groups is 1. The number of nitrogens with two attached hydrogens (primary N) is 1. The van der Waals surface area contributed by atoms with E-state index < -0.39 is 34.0 Å². The number of nitrogens with one attached hydrogen (secondary N) is 3. The van der Waals surface area contributed by atoms with Gasteiger partial charge in [0.05, 0.1) is 4.90 Å². The summed E-state index contributed by atoms with van der Waals surface area (Å²) >= 11 is 0. The third kappa shape index (κ3) is 6.82. The molecular formula is C28H31N5O6S. The number of fused-ring (bicyclic) bond motifs is 1. The van der Waals surface area contributed by atoms with E-state index >= 15 is 0 Å². The number of nitrogen functional groups attached to an aromatic ring is 1. The van der Waals surface area contributed by atoms with Gasteiger partial charge in [-0.25, -0.2) is 13.2 Å². The lowest BCUT2D eigenvalue weighted by molar-refractivity contribution is -0.145. The molecule has 0 radical (unpaired) electrons. The lowest BCUT2D eigenvalue weighted by atomic mass is 10.0. The van der Waals surface area contributed by atoms with Crippen LogP contribution in [0.1, 0.15) is 30.4 Å². The molecule has 0 aliphatic carbocycles. The van der Waals surface area contributed by atoms with Crippen LogP contribution in [0.25, 0.3) is 10.8 Å². The molecule has 3 aromatic rings. The second-order valence-electron chi connectivity index (χ2n) is 9.66. The molecule has 0 aromatic heterocycles. The Bertz CT molecular complexity index is 1530. The molecule has 11 nitrogen and oxygen atoms in total. The standard InChI is InChI=1S/C28H31N5O6S/c29-25(30)20-10-8-18(9-11-20)16-23(27(35)33-14-4-1-5-15-33)31-26(34)24(28(36)37)32-40(38,39)22-13-12-19-6-2-3-7-21(19)17-22/h2-3,6-13,17,23-24,32H,1,4-5,14-16H2,(H3,29,30)(H,31,34)(H,36,37)/t23?,24-/m1/s1. The molecule has 2 atom stereocenters. The van der Waals surface area contributed by atoms with Gasteiger partial charge in [0.25, 0.3) is 0 Å². The Labute approximate surface area is 231 Å². The number of carboxylic acids is 1. The van der Waals surface area contributed by atoms with Gasteiger partial charge in [-0.1, -0.05) is 54.6 Å². The van der Waals surface area contributed by atoms with Gasteiger partial charge in [-0.2, -0.15) is 4.72 Å². The normalized spacial score (nSPS) is 15.2. The minimum absolute atomic E-state index is 0.0308. The molecule has 2 amide bonds. The van der Waals surface area contributed by atoms with E-state index in [0.717, 1.165) is 24.6 Å². The van der Waals surface area contributed by atoms with Gasteiger partial charge in [-0.3, -0.25) is 15.0 Å². The first kappa shape index (κ1) is 28.7. The number of nitrogens with zero attached hydrogens (tertiary/aromatic N) is 1. The SMILES string of the molecule is N=C(N)c1ccc(CC(NC(=O)[C@@H](NS(=O)(=O)c2ccc3ccccc3c2)C(=O)O)C(=O)N2CCCCC2)cc1. The van der Waals surface area contributed by atoms with Gasteiger partial charge in [-0.05, 0) is 47.7 Å². The van der Waals surface area contributed by atoms with Gasteiger partial charge in [0.1, 0.15) is 11.9 Å². The zero-order valence-corrected chi connectivity index (χ0v) is 22.5. The summed E-state index contributed by atoms with van der Waals surface area (Å²) in [4.78, 5) is 40.1. The fraction of sp³-hybridized carbons (Fsp3) is 0.286. The van der Waals surface area contributed by atoms with Crippen LogP contribution in [0.15, 0.2) is 71.6 Å². The van der Waals surface area contributed by atoms with Crippen LogP contribution in [0, 0.1) is 5.41 Å². The van der Waals surface area contributed by atoms with Gasteiger partial charge in [0, 0.05) is 25.1 Å². The van der Waals surface area contributed by atoms with E-state index in [4.69, 9.17) is 11.1 Å². The average Bonchev–Trinajstić information content (AvgIpc) is 2.95. The maximum absolute atomic E-state index is 13.4. The number of rotatable bonds is 10. The summed E-state index contributed by atoms with van der Waals surface area (Å²) in [6.45, 7) is 1.01. The van der Waals surface area contributed by atoms with E-state index in [9.17, 15) is 27.9 Å². The number of amides is 2. The third-order valence-corrected chi connectivity index (χ3v) is 8.22. The predicted molar refractivity (Wildman–Crippen MR) is 149 cm³/mol. The van der Waals surface area contributed by atoms with Crippen LogP contribution in [0.3, 0.4) is 0 Å². The molecule has 1 heterocycles. The number of aliphatic carboxylic acids is 1. The first-order valence-electron chi connectivity index (χ1n) is 12.8. The van der Waals surface area contributed by atoms with E-state index in [2.05, 4.69) is 5.32 Å². The molecule has 210 valence electrons. The molecule has 0 bridgehead atoms. The summed E-state index contributed by atoms with van der Waals surface area (Å²) in [6.07, 6.45) is 2.63. The highest BCUT2D eigenvalue weighted by Crippen LogP contribution is 2.19. The number of hydrogen-bond donors (Lipinski definition) is 5. The number of piperidine rings is 1. The van der Waals surface area contributed by atoms with Crippen LogP contribution in [-0.2, 0) is 30.8 Å². The number of hydrogen-bond acceptors (Lipinski definition) is 6. The fourth-order valence-corrected chi connectivity index (χ4v) is 5.80. The highest BCUT2D eigenvalue weighted by atomic mass is 32.2. The summed E-state index contributed by atoms with van der Waals surface area (Å²) in [7, 11) is -4.41. The van der Waals surface area contributed by atoms with Gasteiger partial charge in [-0.15, -0.1) is 0 Å². The second-order valence-corrected chi connectivity index (χ2v) is 11.4. The summed E-state index contributed by atoms with van der Waals surface area (Å²) in [6, 6.07) is 14.6.